The maximum atomic E-state index is 12.2. The van der Waals surface area contributed by atoms with Crippen LogP contribution in [0.4, 0.5) is 0 Å². The molecule has 0 radical (unpaired) electrons. The topological polar surface area (TPSA) is 55.1 Å². The van der Waals surface area contributed by atoms with Crippen LogP contribution in [0.1, 0.15) is 52.4 Å². The molecule has 1 atom stereocenters. The number of hydrogen-bond acceptors (Lipinski definition) is 2. The maximum absolute atomic E-state index is 12.2. The van der Waals surface area contributed by atoms with Gasteiger partial charge in [0.2, 0.25) is 5.91 Å². The van der Waals surface area contributed by atoms with Crippen LogP contribution in [0.5, 0.6) is 0 Å². The minimum atomic E-state index is -0.121. The summed E-state index contributed by atoms with van der Waals surface area (Å²) in [6.45, 7) is 4.05. The average Bonchev–Trinajstić information content (AvgIpc) is 2.65. The molecule has 0 aromatic heterocycles. The highest BCUT2D eigenvalue weighted by molar-refractivity contribution is 7.80. The number of nitrogens with two attached hydrogens (primary N) is 1. The summed E-state index contributed by atoms with van der Waals surface area (Å²) in [5.41, 5.74) is 5.35. The molecule has 1 rings (SSSR count). The fourth-order valence-corrected chi connectivity index (χ4v) is 2.77. The lowest BCUT2D eigenvalue weighted by molar-refractivity contribution is -0.131. The Morgan fingerprint density at radius 3 is 2.50 bits per heavy atom. The van der Waals surface area contributed by atoms with Gasteiger partial charge in [-0.25, -0.2) is 0 Å². The molecule has 0 aromatic carbocycles. The van der Waals surface area contributed by atoms with Crippen molar-refractivity contribution in [3.05, 3.63) is 0 Å². The average molecular weight is 242 g/mol. The van der Waals surface area contributed by atoms with Gasteiger partial charge in [0.15, 0.2) is 0 Å². The van der Waals surface area contributed by atoms with E-state index in [0.29, 0.717) is 11.4 Å². The molecule has 1 amide bonds. The third-order valence-electron chi connectivity index (χ3n) is 3.60. The summed E-state index contributed by atoms with van der Waals surface area (Å²) in [6, 6.07) is 0.0500. The zero-order valence-corrected chi connectivity index (χ0v) is 11.0. The van der Waals surface area contributed by atoms with E-state index in [-0.39, 0.29) is 17.4 Å². The van der Waals surface area contributed by atoms with Crippen molar-refractivity contribution in [2.75, 3.05) is 0 Å². The number of amides is 1. The van der Waals surface area contributed by atoms with E-state index in [2.05, 4.69) is 12.2 Å². The molecule has 3 nitrogen and oxygen atoms in total. The summed E-state index contributed by atoms with van der Waals surface area (Å²) in [6.07, 6.45) is 5.90. The first kappa shape index (κ1) is 13.4. The smallest absolute Gasteiger partial charge is 0.226 e. The number of rotatable bonds is 5. The van der Waals surface area contributed by atoms with E-state index in [0.717, 1.165) is 19.3 Å². The van der Waals surface area contributed by atoms with Crippen molar-refractivity contribution in [2.24, 2.45) is 11.1 Å². The van der Waals surface area contributed by atoms with Crippen LogP contribution in [0, 0.1) is 5.41 Å². The predicted molar refractivity (Wildman–Crippen MR) is 70.2 cm³/mol. The molecule has 3 N–H and O–H groups in total. The molecule has 0 bridgehead atoms. The molecular formula is C12H22N2OS. The molecule has 4 heteroatoms. The van der Waals surface area contributed by atoms with E-state index in [1.54, 1.807) is 0 Å². The van der Waals surface area contributed by atoms with E-state index in [1.165, 1.54) is 12.8 Å². The zero-order chi connectivity index (χ0) is 12.2. The van der Waals surface area contributed by atoms with Crippen LogP contribution in [0.15, 0.2) is 0 Å². The first-order valence-corrected chi connectivity index (χ1v) is 6.50. The van der Waals surface area contributed by atoms with Crippen molar-refractivity contribution in [3.63, 3.8) is 0 Å². The first-order valence-electron chi connectivity index (χ1n) is 6.09. The van der Waals surface area contributed by atoms with Crippen LogP contribution < -0.4 is 11.1 Å². The van der Waals surface area contributed by atoms with Gasteiger partial charge < -0.3 is 11.1 Å². The van der Waals surface area contributed by atoms with Gasteiger partial charge in [0, 0.05) is 17.9 Å². The van der Waals surface area contributed by atoms with Gasteiger partial charge in [-0.2, -0.15) is 0 Å². The normalized spacial score (nSPS) is 20.4. The summed E-state index contributed by atoms with van der Waals surface area (Å²) in [7, 11) is 0. The molecule has 0 spiro atoms. The molecular weight excluding hydrogens is 220 g/mol. The summed E-state index contributed by atoms with van der Waals surface area (Å²) in [5.74, 6) is 0.191. The SMILES string of the molecule is CCC1(C(=O)NC(C)CC(N)=S)CCCC1. The molecule has 1 aliphatic carbocycles. The molecule has 1 fully saturated rings. The van der Waals surface area contributed by atoms with Crippen LogP contribution >= 0.6 is 12.2 Å². The molecule has 1 aliphatic rings. The van der Waals surface area contributed by atoms with Crippen LogP contribution in [-0.2, 0) is 4.79 Å². The Labute approximate surface area is 103 Å². The van der Waals surface area contributed by atoms with Crippen molar-refractivity contribution in [1.29, 1.82) is 0 Å². The summed E-state index contributed by atoms with van der Waals surface area (Å²) in [5, 5.41) is 3.04. The van der Waals surface area contributed by atoms with E-state index >= 15 is 0 Å². The Balaban J connectivity index is 2.53. The van der Waals surface area contributed by atoms with Gasteiger partial charge in [-0.05, 0) is 26.2 Å². The van der Waals surface area contributed by atoms with Crippen molar-refractivity contribution in [1.82, 2.24) is 5.32 Å². The van der Waals surface area contributed by atoms with Gasteiger partial charge in [0.05, 0.1) is 4.99 Å². The third kappa shape index (κ3) is 3.17. The Morgan fingerprint density at radius 1 is 1.50 bits per heavy atom. The van der Waals surface area contributed by atoms with Gasteiger partial charge in [-0.3, -0.25) is 4.79 Å². The lowest BCUT2D eigenvalue weighted by Gasteiger charge is -2.28. The Kier molecular flexibility index (Phi) is 4.71. The maximum Gasteiger partial charge on any atom is 0.226 e. The fraction of sp³-hybridized carbons (Fsp3) is 0.833. The third-order valence-corrected chi connectivity index (χ3v) is 3.77. The van der Waals surface area contributed by atoms with Gasteiger partial charge in [0.1, 0.15) is 0 Å². The van der Waals surface area contributed by atoms with Crippen molar-refractivity contribution < 1.29 is 4.79 Å². The lowest BCUT2D eigenvalue weighted by Crippen LogP contribution is -2.44. The van der Waals surface area contributed by atoms with E-state index in [9.17, 15) is 4.79 Å². The van der Waals surface area contributed by atoms with Crippen LogP contribution in [0.2, 0.25) is 0 Å². The Morgan fingerprint density at radius 2 is 2.06 bits per heavy atom. The number of carbonyl (C=O) groups excluding carboxylic acids is 1. The first-order chi connectivity index (χ1) is 7.50. The Hall–Kier alpha value is -0.640. The van der Waals surface area contributed by atoms with Gasteiger partial charge in [-0.1, -0.05) is 32.0 Å². The lowest BCUT2D eigenvalue weighted by atomic mass is 9.82. The molecule has 92 valence electrons. The highest BCUT2D eigenvalue weighted by atomic mass is 32.1. The van der Waals surface area contributed by atoms with Crippen molar-refractivity contribution in [3.8, 4) is 0 Å². The van der Waals surface area contributed by atoms with E-state index in [4.69, 9.17) is 18.0 Å². The fourth-order valence-electron chi connectivity index (χ4n) is 2.52. The minimum Gasteiger partial charge on any atom is -0.393 e. The van der Waals surface area contributed by atoms with Crippen molar-refractivity contribution in [2.45, 2.75) is 58.4 Å². The van der Waals surface area contributed by atoms with Crippen LogP contribution in [0.25, 0.3) is 0 Å². The summed E-state index contributed by atoms with van der Waals surface area (Å²) < 4.78 is 0. The Bertz CT molecular complexity index is 272. The van der Waals surface area contributed by atoms with Gasteiger partial charge in [0.25, 0.3) is 0 Å². The monoisotopic (exact) mass is 242 g/mol. The molecule has 0 aliphatic heterocycles. The van der Waals surface area contributed by atoms with Gasteiger partial charge in [-0.15, -0.1) is 0 Å². The standard InChI is InChI=1S/C12H22N2OS/c1-3-12(6-4-5-7-12)11(15)14-9(2)8-10(13)16/h9H,3-8H2,1-2H3,(H2,13,16)(H,14,15). The predicted octanol–water partition coefficient (Wildman–Crippen LogP) is 2.14. The minimum absolute atomic E-state index is 0.0500. The summed E-state index contributed by atoms with van der Waals surface area (Å²) in [4.78, 5) is 12.7. The molecule has 0 heterocycles. The second-order valence-electron chi connectivity index (χ2n) is 4.89. The highest BCUT2D eigenvalue weighted by Gasteiger charge is 2.39. The largest absolute Gasteiger partial charge is 0.393 e. The van der Waals surface area contributed by atoms with E-state index in [1.807, 2.05) is 6.92 Å². The van der Waals surface area contributed by atoms with E-state index < -0.39 is 0 Å². The second kappa shape index (κ2) is 5.62. The number of hydrogen-bond donors (Lipinski definition) is 2. The highest BCUT2D eigenvalue weighted by Crippen LogP contribution is 2.41. The zero-order valence-electron chi connectivity index (χ0n) is 10.2. The molecule has 1 unspecified atom stereocenters. The molecule has 0 aromatic rings. The van der Waals surface area contributed by atoms with Gasteiger partial charge >= 0.3 is 0 Å². The molecule has 1 saturated carbocycles. The van der Waals surface area contributed by atoms with Crippen LogP contribution in [-0.4, -0.2) is 16.9 Å². The summed E-state index contributed by atoms with van der Waals surface area (Å²) >= 11 is 4.84. The number of thiocarbonyl (C=S) groups is 1. The molecule has 0 saturated heterocycles. The van der Waals surface area contributed by atoms with Crippen molar-refractivity contribution >= 4 is 23.1 Å². The number of nitrogens with one attached hydrogen (secondary N) is 1. The van der Waals surface area contributed by atoms with Crippen LogP contribution in [0.3, 0.4) is 0 Å². The molecule has 16 heavy (non-hydrogen) atoms. The second-order valence-corrected chi connectivity index (χ2v) is 5.41. The number of carbonyl (C=O) groups is 1. The quantitative estimate of drug-likeness (QED) is 0.726.